The highest BCUT2D eigenvalue weighted by Gasteiger charge is 2.51. The average Bonchev–Trinajstić information content (AvgIpc) is 2.99. The van der Waals surface area contributed by atoms with Gasteiger partial charge >= 0.3 is 7.12 Å². The largest absolute Gasteiger partial charge is 0.494 e. The van der Waals surface area contributed by atoms with E-state index in [1.165, 1.54) is 0 Å². The van der Waals surface area contributed by atoms with Crippen LogP contribution in [-0.2, 0) is 27.7 Å². The highest BCUT2D eigenvalue weighted by Crippen LogP contribution is 2.36. The van der Waals surface area contributed by atoms with Crippen molar-refractivity contribution in [3.63, 3.8) is 0 Å². The van der Waals surface area contributed by atoms with E-state index in [-0.39, 0.29) is 24.2 Å². The molecule has 1 amide bonds. The van der Waals surface area contributed by atoms with Gasteiger partial charge in [-0.05, 0) is 51.7 Å². The van der Waals surface area contributed by atoms with Crippen LogP contribution < -0.4 is 10.0 Å². The van der Waals surface area contributed by atoms with Gasteiger partial charge < -0.3 is 14.2 Å². The summed E-state index contributed by atoms with van der Waals surface area (Å²) in [7, 11) is 1.64. The Morgan fingerprint density at radius 1 is 1.22 bits per heavy atom. The molecule has 6 nitrogen and oxygen atoms in total. The highest BCUT2D eigenvalue weighted by atomic mass is 16.7. The lowest BCUT2D eigenvalue weighted by Crippen LogP contribution is -2.41. The Bertz CT molecular complexity index is 844. The van der Waals surface area contributed by atoms with Crippen molar-refractivity contribution in [1.29, 1.82) is 0 Å². The average molecular weight is 372 g/mol. The molecule has 2 heterocycles. The number of aryl methyl sites for hydroxylation is 1. The number of benzene rings is 1. The van der Waals surface area contributed by atoms with E-state index in [0.29, 0.717) is 6.54 Å². The number of aromatic nitrogens is 2. The van der Waals surface area contributed by atoms with Crippen LogP contribution in [0.25, 0.3) is 11.0 Å². The van der Waals surface area contributed by atoms with Crippen molar-refractivity contribution < 1.29 is 18.7 Å². The molecule has 0 atom stereocenters. The van der Waals surface area contributed by atoms with Gasteiger partial charge in [0.2, 0.25) is 5.91 Å². The predicted octanol–water partition coefficient (Wildman–Crippen LogP) is 2.05. The molecule has 0 spiro atoms. The number of carbonyl (C=O) groups excluding carboxylic acids is 1. The molecule has 0 radical (unpaired) electrons. The number of carbonyl (C=O) groups is 1. The third-order valence-corrected chi connectivity index (χ3v) is 5.87. The molecule has 3 rings (SSSR count). The highest BCUT2D eigenvalue weighted by molar-refractivity contribution is 6.62. The summed E-state index contributed by atoms with van der Waals surface area (Å²) >= 11 is 0. The first-order valence-corrected chi connectivity index (χ1v) is 9.67. The zero-order chi connectivity index (χ0) is 20.0. The molecule has 1 saturated heterocycles. The molecular weight excluding hydrogens is 341 g/mol. The third kappa shape index (κ3) is 3.63. The van der Waals surface area contributed by atoms with E-state index in [1.54, 1.807) is 6.92 Å². The number of nitrogens with one attached hydrogen (secondary N) is 1. The molecule has 0 unspecified atom stereocenters. The normalized spacial score (nSPS) is 18.3. The molecule has 1 aromatic heterocycles. The summed E-state index contributed by atoms with van der Waals surface area (Å²) in [6, 6.07) is 6.21. The maximum atomic E-state index is 11.9. The Morgan fingerprint density at radius 3 is 2.41 bits per heavy atom. The quantitative estimate of drug-likeness (QED) is 0.646. The number of imidazole rings is 1. The molecule has 146 valence electrons. The van der Waals surface area contributed by atoms with Crippen LogP contribution in [0.2, 0.25) is 0 Å². The molecule has 7 heteroatoms. The summed E-state index contributed by atoms with van der Waals surface area (Å²) in [5, 5.41) is 0. The third-order valence-electron chi connectivity index (χ3n) is 5.87. The monoisotopic (exact) mass is 372 g/mol. The number of fused-ring (bicyclic) bond motifs is 1. The Labute approximate surface area is 162 Å². The number of H-pyrrole nitrogens is 1. The minimum absolute atomic E-state index is 0.0911. The fourth-order valence-corrected chi connectivity index (χ4v) is 3.40. The van der Waals surface area contributed by atoms with E-state index in [1.807, 2.05) is 11.9 Å². The summed E-state index contributed by atoms with van der Waals surface area (Å²) < 4.78 is 14.4. The van der Waals surface area contributed by atoms with Crippen LogP contribution in [-0.4, -0.2) is 40.7 Å². The topological polar surface area (TPSA) is 58.4 Å². The van der Waals surface area contributed by atoms with E-state index in [0.717, 1.165) is 35.3 Å². The SMILES string of the molecule is CCCN(Cc1[nH]c2cc(B3OC(C)(C)C(C)(C)O3)ccc2[n+]1C)C(C)=O. The van der Waals surface area contributed by atoms with E-state index in [4.69, 9.17) is 9.31 Å². The van der Waals surface area contributed by atoms with Crippen LogP contribution in [0.1, 0.15) is 53.8 Å². The number of aromatic amines is 1. The maximum absolute atomic E-state index is 11.9. The first-order chi connectivity index (χ1) is 12.6. The molecule has 1 aromatic carbocycles. The molecule has 1 N–H and O–H groups in total. The van der Waals surface area contributed by atoms with Crippen molar-refractivity contribution in [3.8, 4) is 0 Å². The summed E-state index contributed by atoms with van der Waals surface area (Å²) in [6.07, 6.45) is 0.940. The summed E-state index contributed by atoms with van der Waals surface area (Å²) in [6.45, 7) is 13.3. The molecule has 0 aliphatic carbocycles. The number of hydrogen-bond donors (Lipinski definition) is 1. The standard InChI is InChI=1S/C20H30BN3O3/c1-8-11-24(14(2)25)13-18-22-16-12-15(9-10-17(16)23(18)7)21-26-19(3,4)20(5,6)27-21/h9-10,12H,8,11,13H2,1-7H3/p+1. The first-order valence-electron chi connectivity index (χ1n) is 9.67. The zero-order valence-electron chi connectivity index (χ0n) is 17.5. The molecule has 1 aliphatic heterocycles. The first kappa shape index (κ1) is 19.9. The van der Waals surface area contributed by atoms with Crippen LogP contribution in [0.15, 0.2) is 18.2 Å². The molecular formula is C20H31BN3O3+. The minimum Gasteiger partial charge on any atom is -0.399 e. The second kappa shape index (κ2) is 6.95. The summed E-state index contributed by atoms with van der Waals surface area (Å²) in [5.74, 6) is 1.09. The Balaban J connectivity index is 1.90. The van der Waals surface area contributed by atoms with Crippen molar-refractivity contribution in [2.24, 2.45) is 7.05 Å². The second-order valence-electron chi connectivity index (χ2n) is 8.44. The molecule has 1 fully saturated rings. The van der Waals surface area contributed by atoms with Crippen molar-refractivity contribution in [1.82, 2.24) is 9.88 Å². The van der Waals surface area contributed by atoms with Crippen molar-refractivity contribution in [2.45, 2.75) is 65.7 Å². The van der Waals surface area contributed by atoms with Gasteiger partial charge in [0.05, 0.1) is 18.2 Å². The van der Waals surface area contributed by atoms with Gasteiger partial charge in [-0.2, -0.15) is 0 Å². The van der Waals surface area contributed by atoms with Gasteiger partial charge in [0.15, 0.2) is 11.0 Å². The lowest BCUT2D eigenvalue weighted by molar-refractivity contribution is -0.653. The predicted molar refractivity (Wildman–Crippen MR) is 107 cm³/mol. The molecule has 1 aliphatic rings. The molecule has 2 aromatic rings. The Kier molecular flexibility index (Phi) is 5.12. The second-order valence-corrected chi connectivity index (χ2v) is 8.44. The van der Waals surface area contributed by atoms with E-state index in [9.17, 15) is 4.79 Å². The van der Waals surface area contributed by atoms with Gasteiger partial charge in [-0.25, -0.2) is 9.55 Å². The van der Waals surface area contributed by atoms with Gasteiger partial charge in [0.25, 0.3) is 5.82 Å². The molecule has 27 heavy (non-hydrogen) atoms. The lowest BCUT2D eigenvalue weighted by Gasteiger charge is -2.32. The van der Waals surface area contributed by atoms with Crippen LogP contribution in [0, 0.1) is 0 Å². The van der Waals surface area contributed by atoms with Crippen molar-refractivity contribution in [2.75, 3.05) is 6.54 Å². The van der Waals surface area contributed by atoms with E-state index < -0.39 is 0 Å². The smallest absolute Gasteiger partial charge is 0.399 e. The summed E-state index contributed by atoms with van der Waals surface area (Å²) in [4.78, 5) is 17.2. The maximum Gasteiger partial charge on any atom is 0.494 e. The van der Waals surface area contributed by atoms with Crippen molar-refractivity contribution >= 4 is 29.5 Å². The Morgan fingerprint density at radius 2 is 1.85 bits per heavy atom. The minimum atomic E-state index is -0.384. The van der Waals surface area contributed by atoms with Gasteiger partial charge in [-0.3, -0.25) is 4.79 Å². The fraction of sp³-hybridized carbons (Fsp3) is 0.600. The van der Waals surface area contributed by atoms with E-state index in [2.05, 4.69) is 62.4 Å². The lowest BCUT2D eigenvalue weighted by atomic mass is 9.79. The van der Waals surface area contributed by atoms with Gasteiger partial charge in [-0.1, -0.05) is 13.0 Å². The van der Waals surface area contributed by atoms with Crippen LogP contribution >= 0.6 is 0 Å². The van der Waals surface area contributed by atoms with Crippen LogP contribution in [0.5, 0.6) is 0 Å². The summed E-state index contributed by atoms with van der Waals surface area (Å²) in [5.41, 5.74) is 2.37. The van der Waals surface area contributed by atoms with Gasteiger partial charge in [0, 0.05) is 13.5 Å². The van der Waals surface area contributed by atoms with Crippen LogP contribution in [0.3, 0.4) is 0 Å². The molecule has 0 bridgehead atoms. The Hall–Kier alpha value is -1.86. The number of nitrogens with zero attached hydrogens (tertiary/aromatic N) is 2. The fourth-order valence-electron chi connectivity index (χ4n) is 3.40. The van der Waals surface area contributed by atoms with Gasteiger partial charge in [-0.15, -0.1) is 0 Å². The molecule has 0 saturated carbocycles. The van der Waals surface area contributed by atoms with E-state index >= 15 is 0 Å². The van der Waals surface area contributed by atoms with Gasteiger partial charge in [0.1, 0.15) is 6.54 Å². The van der Waals surface area contributed by atoms with Crippen LogP contribution in [0.4, 0.5) is 0 Å². The number of amides is 1. The number of hydrogen-bond acceptors (Lipinski definition) is 3. The van der Waals surface area contributed by atoms with Crippen molar-refractivity contribution in [3.05, 3.63) is 24.0 Å². The zero-order valence-corrected chi connectivity index (χ0v) is 17.5. The number of rotatable bonds is 5.